The van der Waals surface area contributed by atoms with Crippen LogP contribution < -0.4 is 0 Å². The van der Waals surface area contributed by atoms with Crippen molar-refractivity contribution in [3.63, 3.8) is 0 Å². The van der Waals surface area contributed by atoms with Crippen molar-refractivity contribution in [1.29, 1.82) is 5.26 Å². The highest BCUT2D eigenvalue weighted by Gasteiger charge is 2.32. The SMILES string of the molecule is N#Cc1c(Br)ccc2c1C(=O)c1ccccc1C2=O. The Morgan fingerprint density at radius 1 is 0.895 bits per heavy atom. The first-order chi connectivity index (χ1) is 9.15. The molecule has 0 aromatic heterocycles. The molecular formula is C15H6BrNO2. The fourth-order valence-corrected chi connectivity index (χ4v) is 2.69. The Morgan fingerprint density at radius 3 is 2.16 bits per heavy atom. The van der Waals surface area contributed by atoms with Crippen molar-refractivity contribution in [2.45, 2.75) is 0 Å². The summed E-state index contributed by atoms with van der Waals surface area (Å²) in [6, 6.07) is 11.9. The summed E-state index contributed by atoms with van der Waals surface area (Å²) in [5.41, 5.74) is 1.45. The molecule has 0 saturated carbocycles. The van der Waals surface area contributed by atoms with Crippen LogP contribution in [0.25, 0.3) is 0 Å². The Bertz CT molecular complexity index is 787. The third-order valence-corrected chi connectivity index (χ3v) is 3.82. The zero-order valence-electron chi connectivity index (χ0n) is 9.61. The number of nitrogens with zero attached hydrogens (tertiary/aromatic N) is 1. The molecule has 2 aromatic carbocycles. The Hall–Kier alpha value is -2.25. The van der Waals surface area contributed by atoms with Gasteiger partial charge in [0.25, 0.3) is 0 Å². The number of hydrogen-bond donors (Lipinski definition) is 0. The van der Waals surface area contributed by atoms with E-state index in [0.717, 1.165) is 0 Å². The minimum absolute atomic E-state index is 0.195. The van der Waals surface area contributed by atoms with Gasteiger partial charge in [-0.25, -0.2) is 0 Å². The highest BCUT2D eigenvalue weighted by Crippen LogP contribution is 2.32. The van der Waals surface area contributed by atoms with Gasteiger partial charge in [0.2, 0.25) is 0 Å². The summed E-state index contributed by atoms with van der Waals surface area (Å²) in [5.74, 6) is -0.489. The van der Waals surface area contributed by atoms with Gasteiger partial charge in [-0.2, -0.15) is 5.26 Å². The lowest BCUT2D eigenvalue weighted by Gasteiger charge is -2.18. The lowest BCUT2D eigenvalue weighted by molar-refractivity contribution is 0.0979. The molecule has 0 unspecified atom stereocenters. The molecule has 3 rings (SSSR count). The van der Waals surface area contributed by atoms with Gasteiger partial charge < -0.3 is 0 Å². The lowest BCUT2D eigenvalue weighted by atomic mass is 9.82. The third kappa shape index (κ3) is 1.56. The minimum atomic E-state index is -0.275. The van der Waals surface area contributed by atoms with E-state index >= 15 is 0 Å². The van der Waals surface area contributed by atoms with E-state index in [4.69, 9.17) is 0 Å². The van der Waals surface area contributed by atoms with Crippen molar-refractivity contribution in [2.75, 3.05) is 0 Å². The van der Waals surface area contributed by atoms with Gasteiger partial charge in [-0.3, -0.25) is 9.59 Å². The molecule has 4 heteroatoms. The van der Waals surface area contributed by atoms with Crippen molar-refractivity contribution < 1.29 is 9.59 Å². The molecule has 1 aliphatic carbocycles. The van der Waals surface area contributed by atoms with Crippen LogP contribution in [0.2, 0.25) is 0 Å². The topological polar surface area (TPSA) is 57.9 Å². The first-order valence-electron chi connectivity index (χ1n) is 5.56. The number of rotatable bonds is 0. The first kappa shape index (κ1) is 11.8. The summed E-state index contributed by atoms with van der Waals surface area (Å²) in [4.78, 5) is 24.8. The van der Waals surface area contributed by atoms with Crippen LogP contribution in [-0.2, 0) is 0 Å². The van der Waals surface area contributed by atoms with Gasteiger partial charge in [0.15, 0.2) is 11.6 Å². The van der Waals surface area contributed by atoms with E-state index in [1.807, 2.05) is 6.07 Å². The number of carbonyl (C=O) groups is 2. The number of fused-ring (bicyclic) bond motifs is 2. The quantitative estimate of drug-likeness (QED) is 0.641. The van der Waals surface area contributed by atoms with E-state index in [1.165, 1.54) is 0 Å². The second-order valence-corrected chi connectivity index (χ2v) is 5.01. The molecule has 90 valence electrons. The Balaban J connectivity index is 2.40. The zero-order valence-corrected chi connectivity index (χ0v) is 11.2. The first-order valence-corrected chi connectivity index (χ1v) is 6.35. The molecular weight excluding hydrogens is 306 g/mol. The van der Waals surface area contributed by atoms with Crippen molar-refractivity contribution in [3.05, 3.63) is 68.7 Å². The molecule has 0 N–H and O–H groups in total. The number of nitriles is 1. The summed E-state index contributed by atoms with van der Waals surface area (Å²) in [5, 5.41) is 9.18. The average molecular weight is 312 g/mol. The van der Waals surface area contributed by atoms with Crippen LogP contribution >= 0.6 is 15.9 Å². The molecule has 0 spiro atoms. The number of hydrogen-bond acceptors (Lipinski definition) is 3. The second-order valence-electron chi connectivity index (χ2n) is 4.16. The van der Waals surface area contributed by atoms with Crippen LogP contribution in [0.15, 0.2) is 40.9 Å². The van der Waals surface area contributed by atoms with Gasteiger partial charge in [-0.05, 0) is 28.1 Å². The van der Waals surface area contributed by atoms with Crippen molar-refractivity contribution in [3.8, 4) is 6.07 Å². The van der Waals surface area contributed by atoms with Crippen molar-refractivity contribution in [1.82, 2.24) is 0 Å². The summed E-state index contributed by atoms with van der Waals surface area (Å²) < 4.78 is 0.522. The van der Waals surface area contributed by atoms with Crippen molar-refractivity contribution in [2.24, 2.45) is 0 Å². The zero-order chi connectivity index (χ0) is 13.6. The smallest absolute Gasteiger partial charge is 0.195 e. The average Bonchev–Trinajstić information content (AvgIpc) is 2.44. The van der Waals surface area contributed by atoms with Gasteiger partial charge >= 0.3 is 0 Å². The normalized spacial score (nSPS) is 12.6. The van der Waals surface area contributed by atoms with Gasteiger partial charge in [-0.15, -0.1) is 0 Å². The summed E-state index contributed by atoms with van der Waals surface area (Å²) in [6.07, 6.45) is 0. The standard InChI is InChI=1S/C15H6BrNO2/c16-12-6-5-10-13(11(12)7-17)15(19)9-4-2-1-3-8(9)14(10)18/h1-6H. The molecule has 0 amide bonds. The Kier molecular flexibility index (Phi) is 2.58. The van der Waals surface area contributed by atoms with Crippen LogP contribution in [0, 0.1) is 11.3 Å². The predicted molar refractivity (Wildman–Crippen MR) is 72.2 cm³/mol. The third-order valence-electron chi connectivity index (χ3n) is 3.15. The van der Waals surface area contributed by atoms with Crippen LogP contribution in [0.3, 0.4) is 0 Å². The fraction of sp³-hybridized carbons (Fsp3) is 0. The maximum atomic E-state index is 12.5. The van der Waals surface area contributed by atoms with Crippen LogP contribution in [0.5, 0.6) is 0 Å². The number of ketones is 2. The minimum Gasteiger partial charge on any atom is -0.289 e. The molecule has 0 aliphatic heterocycles. The Labute approximate surface area is 117 Å². The van der Waals surface area contributed by atoms with E-state index in [9.17, 15) is 14.9 Å². The monoisotopic (exact) mass is 311 g/mol. The number of halogens is 1. The summed E-state index contributed by atoms with van der Waals surface area (Å²) in [6.45, 7) is 0. The van der Waals surface area contributed by atoms with Crippen LogP contribution in [0.4, 0.5) is 0 Å². The van der Waals surface area contributed by atoms with E-state index < -0.39 is 0 Å². The molecule has 0 atom stereocenters. The molecule has 2 aromatic rings. The maximum absolute atomic E-state index is 12.5. The molecule has 3 nitrogen and oxygen atoms in total. The van der Waals surface area contributed by atoms with Crippen LogP contribution in [0.1, 0.15) is 37.4 Å². The summed E-state index contributed by atoms with van der Waals surface area (Å²) in [7, 11) is 0. The molecule has 0 radical (unpaired) electrons. The number of carbonyl (C=O) groups excluding carboxylic acids is 2. The molecule has 1 aliphatic rings. The van der Waals surface area contributed by atoms with Gasteiger partial charge in [0.1, 0.15) is 6.07 Å². The van der Waals surface area contributed by atoms with Gasteiger partial charge in [0.05, 0.1) is 11.1 Å². The lowest BCUT2D eigenvalue weighted by Crippen LogP contribution is -2.22. The maximum Gasteiger partial charge on any atom is 0.195 e. The molecule has 0 fully saturated rings. The van der Waals surface area contributed by atoms with Crippen molar-refractivity contribution >= 4 is 27.5 Å². The molecule has 0 saturated heterocycles. The highest BCUT2D eigenvalue weighted by atomic mass is 79.9. The van der Waals surface area contributed by atoms with Gasteiger partial charge in [0, 0.05) is 21.2 Å². The molecule has 19 heavy (non-hydrogen) atoms. The van der Waals surface area contributed by atoms with Crippen LogP contribution in [-0.4, -0.2) is 11.6 Å². The van der Waals surface area contributed by atoms with E-state index in [-0.39, 0.29) is 22.7 Å². The van der Waals surface area contributed by atoms with E-state index in [0.29, 0.717) is 21.2 Å². The fourth-order valence-electron chi connectivity index (χ4n) is 2.27. The van der Waals surface area contributed by atoms with E-state index in [1.54, 1.807) is 36.4 Å². The largest absolute Gasteiger partial charge is 0.289 e. The highest BCUT2D eigenvalue weighted by molar-refractivity contribution is 9.10. The second kappa shape index (κ2) is 4.15. The van der Waals surface area contributed by atoms with E-state index in [2.05, 4.69) is 15.9 Å². The Morgan fingerprint density at radius 2 is 1.53 bits per heavy atom. The van der Waals surface area contributed by atoms with Gasteiger partial charge in [-0.1, -0.05) is 24.3 Å². The summed E-state index contributed by atoms with van der Waals surface area (Å²) >= 11 is 3.24. The predicted octanol–water partition coefficient (Wildman–Crippen LogP) is 3.10. The molecule has 0 heterocycles. The molecule has 0 bridgehead atoms. The number of benzene rings is 2.